The fourth-order valence-corrected chi connectivity index (χ4v) is 5.95. The van der Waals surface area contributed by atoms with Crippen LogP contribution in [0.3, 0.4) is 0 Å². The van der Waals surface area contributed by atoms with Gasteiger partial charge in [-0.1, -0.05) is 23.8 Å². The Bertz CT molecular complexity index is 911. The van der Waals surface area contributed by atoms with Crippen molar-refractivity contribution >= 4 is 27.3 Å². The number of carbonyl (C=O) groups excluding carboxylic acids is 1. The molecule has 2 heterocycles. The fraction of sp³-hybridized carbons (Fsp3) is 0.476. The number of thiophene rings is 1. The summed E-state index contributed by atoms with van der Waals surface area (Å²) >= 11 is 1.68. The molecule has 1 amide bonds. The molecular formula is C21H26N2O3S2. The van der Waals surface area contributed by atoms with Gasteiger partial charge in [-0.2, -0.15) is 4.31 Å². The first-order chi connectivity index (χ1) is 13.4. The molecule has 1 aromatic heterocycles. The van der Waals surface area contributed by atoms with Crippen molar-refractivity contribution in [2.75, 3.05) is 13.1 Å². The molecule has 4 rings (SSSR count). The zero-order chi connectivity index (χ0) is 19.7. The van der Waals surface area contributed by atoms with Crippen molar-refractivity contribution in [2.24, 2.45) is 5.92 Å². The molecule has 0 spiro atoms. The van der Waals surface area contributed by atoms with Crippen molar-refractivity contribution in [3.05, 3.63) is 52.2 Å². The van der Waals surface area contributed by atoms with Crippen molar-refractivity contribution in [2.45, 2.75) is 50.1 Å². The van der Waals surface area contributed by atoms with Crippen LogP contribution >= 0.6 is 11.3 Å². The maximum Gasteiger partial charge on any atom is 0.243 e. The lowest BCUT2D eigenvalue weighted by Crippen LogP contribution is -2.44. The molecule has 2 aromatic rings. The number of carbonyl (C=O) groups is 1. The average molecular weight is 419 g/mol. The molecule has 0 radical (unpaired) electrons. The van der Waals surface area contributed by atoms with Gasteiger partial charge in [-0.05, 0) is 56.2 Å². The second-order valence-electron chi connectivity index (χ2n) is 7.77. The molecule has 1 aromatic carbocycles. The highest BCUT2D eigenvalue weighted by atomic mass is 32.2. The largest absolute Gasteiger partial charge is 0.334 e. The van der Waals surface area contributed by atoms with Gasteiger partial charge in [0.05, 0.1) is 11.4 Å². The topological polar surface area (TPSA) is 57.7 Å². The fourth-order valence-electron chi connectivity index (χ4n) is 3.78. The highest BCUT2D eigenvalue weighted by Crippen LogP contribution is 2.33. The molecule has 1 aliphatic carbocycles. The Balaban J connectivity index is 1.40. The van der Waals surface area contributed by atoms with Crippen LogP contribution in [0.4, 0.5) is 0 Å². The number of nitrogens with zero attached hydrogens (tertiary/aromatic N) is 2. The van der Waals surface area contributed by atoms with Gasteiger partial charge in [0, 0.05) is 29.9 Å². The monoisotopic (exact) mass is 418 g/mol. The quantitative estimate of drug-likeness (QED) is 0.720. The lowest BCUT2D eigenvalue weighted by atomic mass is 9.96. The number of rotatable bonds is 6. The molecule has 2 fully saturated rings. The summed E-state index contributed by atoms with van der Waals surface area (Å²) in [6.07, 6.45) is 3.35. The normalized spacial score (nSPS) is 18.9. The molecule has 1 aliphatic heterocycles. The Morgan fingerprint density at radius 2 is 1.79 bits per heavy atom. The van der Waals surface area contributed by atoms with Gasteiger partial charge in [0.1, 0.15) is 0 Å². The van der Waals surface area contributed by atoms with E-state index in [0.717, 1.165) is 18.4 Å². The smallest absolute Gasteiger partial charge is 0.243 e. The average Bonchev–Trinajstić information content (AvgIpc) is 3.41. The summed E-state index contributed by atoms with van der Waals surface area (Å²) in [7, 11) is -3.48. The first-order valence-corrected chi connectivity index (χ1v) is 12.2. The van der Waals surface area contributed by atoms with E-state index in [9.17, 15) is 13.2 Å². The van der Waals surface area contributed by atoms with Gasteiger partial charge in [0.2, 0.25) is 15.9 Å². The van der Waals surface area contributed by atoms with Crippen LogP contribution in [0.25, 0.3) is 0 Å². The lowest BCUT2D eigenvalue weighted by Gasteiger charge is -2.33. The van der Waals surface area contributed by atoms with Crippen molar-refractivity contribution in [1.82, 2.24) is 9.21 Å². The van der Waals surface area contributed by atoms with Crippen LogP contribution in [0.1, 0.15) is 36.1 Å². The summed E-state index contributed by atoms with van der Waals surface area (Å²) in [5.74, 6) is 0.119. The SMILES string of the molecule is Cc1ccc(S(=O)(=O)N2CCC(C(=O)N(Cc3cccs3)C3CC3)CC2)cc1. The number of sulfonamides is 1. The van der Waals surface area contributed by atoms with Crippen LogP contribution in [0.2, 0.25) is 0 Å². The standard InChI is InChI=1S/C21H26N2O3S2/c1-16-4-8-20(9-5-16)28(25,26)22-12-10-17(11-13-22)21(24)23(18-6-7-18)15-19-3-2-14-27-19/h2-5,8-9,14,17-18H,6-7,10-13,15H2,1H3. The van der Waals surface area contributed by atoms with E-state index in [1.54, 1.807) is 23.5 Å². The summed E-state index contributed by atoms with van der Waals surface area (Å²) in [6, 6.07) is 11.4. The molecule has 7 heteroatoms. The van der Waals surface area contributed by atoms with Crippen LogP contribution < -0.4 is 0 Å². The molecule has 1 saturated carbocycles. The van der Waals surface area contributed by atoms with E-state index in [0.29, 0.717) is 43.4 Å². The summed E-state index contributed by atoms with van der Waals surface area (Å²) in [5.41, 5.74) is 1.04. The molecule has 5 nitrogen and oxygen atoms in total. The number of aryl methyl sites for hydroxylation is 1. The van der Waals surface area contributed by atoms with Crippen LogP contribution in [0, 0.1) is 12.8 Å². The van der Waals surface area contributed by atoms with E-state index >= 15 is 0 Å². The Morgan fingerprint density at radius 1 is 1.11 bits per heavy atom. The third-order valence-electron chi connectivity index (χ3n) is 5.64. The molecule has 0 atom stereocenters. The minimum Gasteiger partial charge on any atom is -0.334 e. The molecule has 0 N–H and O–H groups in total. The van der Waals surface area contributed by atoms with E-state index in [2.05, 4.69) is 6.07 Å². The Labute approximate surface area is 171 Å². The minimum atomic E-state index is -3.48. The maximum absolute atomic E-state index is 13.1. The zero-order valence-corrected chi connectivity index (χ0v) is 17.7. The van der Waals surface area contributed by atoms with Crippen molar-refractivity contribution in [3.8, 4) is 0 Å². The zero-order valence-electron chi connectivity index (χ0n) is 16.1. The molecule has 2 aliphatic rings. The highest BCUT2D eigenvalue weighted by Gasteiger charge is 2.38. The summed E-state index contributed by atoms with van der Waals surface area (Å²) in [4.78, 5) is 16.7. The molecular weight excluding hydrogens is 392 g/mol. The molecule has 150 valence electrons. The first-order valence-electron chi connectivity index (χ1n) is 9.85. The summed E-state index contributed by atoms with van der Waals surface area (Å²) < 4.78 is 27.3. The van der Waals surface area contributed by atoms with Crippen molar-refractivity contribution in [3.63, 3.8) is 0 Å². The number of amides is 1. The van der Waals surface area contributed by atoms with Crippen molar-refractivity contribution < 1.29 is 13.2 Å². The Hall–Kier alpha value is -1.70. The van der Waals surface area contributed by atoms with Crippen LogP contribution in [-0.4, -0.2) is 42.7 Å². The van der Waals surface area contributed by atoms with Gasteiger partial charge < -0.3 is 4.90 Å². The summed E-state index contributed by atoms with van der Waals surface area (Å²) in [5, 5.41) is 2.04. The Kier molecular flexibility index (Phi) is 5.58. The van der Waals surface area contributed by atoms with E-state index in [1.807, 2.05) is 35.4 Å². The van der Waals surface area contributed by atoms with Crippen LogP contribution in [-0.2, 0) is 21.4 Å². The van der Waals surface area contributed by atoms with Gasteiger partial charge in [0.15, 0.2) is 0 Å². The van der Waals surface area contributed by atoms with Crippen LogP contribution in [0.15, 0.2) is 46.7 Å². The lowest BCUT2D eigenvalue weighted by molar-refractivity contribution is -0.138. The van der Waals surface area contributed by atoms with Crippen molar-refractivity contribution in [1.29, 1.82) is 0 Å². The second kappa shape index (κ2) is 7.97. The van der Waals surface area contributed by atoms with E-state index in [4.69, 9.17) is 0 Å². The number of hydrogen-bond donors (Lipinski definition) is 0. The third-order valence-corrected chi connectivity index (χ3v) is 8.41. The summed E-state index contributed by atoms with van der Waals surface area (Å²) in [6.45, 7) is 3.44. The number of piperidine rings is 1. The van der Waals surface area contributed by atoms with E-state index in [1.165, 1.54) is 9.18 Å². The van der Waals surface area contributed by atoms with Crippen LogP contribution in [0.5, 0.6) is 0 Å². The van der Waals surface area contributed by atoms with Gasteiger partial charge in [-0.15, -0.1) is 11.3 Å². The van der Waals surface area contributed by atoms with Gasteiger partial charge in [-0.3, -0.25) is 4.79 Å². The second-order valence-corrected chi connectivity index (χ2v) is 10.7. The maximum atomic E-state index is 13.1. The van der Waals surface area contributed by atoms with E-state index in [-0.39, 0.29) is 11.8 Å². The molecule has 1 saturated heterocycles. The first kappa shape index (κ1) is 19.6. The third kappa shape index (κ3) is 4.16. The van der Waals surface area contributed by atoms with Gasteiger partial charge in [0.25, 0.3) is 0 Å². The number of hydrogen-bond acceptors (Lipinski definition) is 4. The molecule has 28 heavy (non-hydrogen) atoms. The minimum absolute atomic E-state index is 0.0787. The van der Waals surface area contributed by atoms with Gasteiger partial charge in [-0.25, -0.2) is 8.42 Å². The van der Waals surface area contributed by atoms with Gasteiger partial charge >= 0.3 is 0 Å². The predicted molar refractivity (Wildman–Crippen MR) is 111 cm³/mol. The molecule has 0 unspecified atom stereocenters. The number of benzene rings is 1. The predicted octanol–water partition coefficient (Wildman–Crippen LogP) is 3.65. The highest BCUT2D eigenvalue weighted by molar-refractivity contribution is 7.89. The molecule has 0 bridgehead atoms. The Morgan fingerprint density at radius 3 is 2.36 bits per heavy atom. The van der Waals surface area contributed by atoms with E-state index < -0.39 is 10.0 Å².